The Hall–Kier alpha value is -3.55. The Balaban J connectivity index is 1.30. The van der Waals surface area contributed by atoms with Crippen molar-refractivity contribution in [1.82, 2.24) is 24.7 Å². The summed E-state index contributed by atoms with van der Waals surface area (Å²) in [7, 11) is 1.42. The van der Waals surface area contributed by atoms with Crippen LogP contribution in [-0.2, 0) is 19.0 Å². The lowest BCUT2D eigenvalue weighted by Crippen LogP contribution is -2.48. The third-order valence-corrected chi connectivity index (χ3v) is 10.2. The van der Waals surface area contributed by atoms with Gasteiger partial charge in [0.15, 0.2) is 0 Å². The number of esters is 1. The van der Waals surface area contributed by atoms with E-state index in [1.807, 2.05) is 57.4 Å². The Morgan fingerprint density at radius 1 is 0.827 bits per heavy atom. The molecule has 1 aromatic heterocycles. The summed E-state index contributed by atoms with van der Waals surface area (Å²) in [6, 6.07) is 2.06. The summed E-state index contributed by atoms with van der Waals surface area (Å²) in [6.45, 7) is 17.1. The zero-order chi connectivity index (χ0) is 37.9. The zero-order valence-electron chi connectivity index (χ0n) is 33.0. The second-order valence-electron chi connectivity index (χ2n) is 16.7. The lowest BCUT2D eigenvalue weighted by Gasteiger charge is -2.39. The molecule has 0 radical (unpaired) electrons. The molecule has 2 aliphatic carbocycles. The van der Waals surface area contributed by atoms with Gasteiger partial charge in [0.05, 0.1) is 13.5 Å². The van der Waals surface area contributed by atoms with E-state index in [0.717, 1.165) is 89.9 Å². The highest BCUT2D eigenvalue weighted by atomic mass is 16.6. The molecule has 14 heteroatoms. The van der Waals surface area contributed by atoms with Crippen LogP contribution in [0.1, 0.15) is 112 Å². The quantitative estimate of drug-likeness (QED) is 0.183. The van der Waals surface area contributed by atoms with Crippen molar-refractivity contribution in [3.8, 4) is 0 Å². The molecule has 294 valence electrons. The Kier molecular flexibility index (Phi) is 15.0. The van der Waals surface area contributed by atoms with Crippen LogP contribution < -0.4 is 16.0 Å². The number of amides is 2. The Bertz CT molecular complexity index is 1300. The van der Waals surface area contributed by atoms with Crippen molar-refractivity contribution >= 4 is 35.7 Å². The minimum absolute atomic E-state index is 0.0669. The number of nitrogens with one attached hydrogen (secondary N) is 1. The highest BCUT2D eigenvalue weighted by molar-refractivity contribution is 5.70. The molecule has 0 atom stereocenters. The van der Waals surface area contributed by atoms with Crippen molar-refractivity contribution in [3.05, 3.63) is 6.07 Å². The van der Waals surface area contributed by atoms with Crippen molar-refractivity contribution in [2.24, 2.45) is 5.92 Å². The van der Waals surface area contributed by atoms with Gasteiger partial charge >= 0.3 is 18.2 Å². The maximum atomic E-state index is 13.6. The van der Waals surface area contributed by atoms with Crippen molar-refractivity contribution in [2.45, 2.75) is 135 Å². The molecule has 3 aliphatic rings. The van der Waals surface area contributed by atoms with E-state index in [1.54, 1.807) is 0 Å². The first-order valence-electron chi connectivity index (χ1n) is 19.5. The van der Waals surface area contributed by atoms with Crippen molar-refractivity contribution < 1.29 is 28.6 Å². The summed E-state index contributed by atoms with van der Waals surface area (Å²) < 4.78 is 16.5. The molecule has 4 rings (SSSR count). The van der Waals surface area contributed by atoms with Gasteiger partial charge in [-0.3, -0.25) is 9.69 Å². The van der Waals surface area contributed by atoms with Crippen LogP contribution in [0, 0.1) is 5.92 Å². The molecule has 0 aromatic carbocycles. The van der Waals surface area contributed by atoms with Crippen LogP contribution in [0.3, 0.4) is 0 Å². The van der Waals surface area contributed by atoms with Crippen molar-refractivity contribution in [2.75, 3.05) is 75.4 Å². The molecule has 3 N–H and O–H groups in total. The van der Waals surface area contributed by atoms with E-state index in [9.17, 15) is 14.4 Å². The number of piperazine rings is 1. The fourth-order valence-electron chi connectivity index (χ4n) is 7.43. The number of hydrogen-bond acceptors (Lipinski definition) is 12. The molecule has 52 heavy (non-hydrogen) atoms. The average molecular weight is 731 g/mol. The number of methoxy groups -OCH3 is 1. The number of nitrogens with zero attached hydrogens (tertiary/aromatic N) is 6. The van der Waals surface area contributed by atoms with Crippen LogP contribution in [0.4, 0.5) is 27.2 Å². The monoisotopic (exact) mass is 731 g/mol. The summed E-state index contributed by atoms with van der Waals surface area (Å²) in [5, 5.41) is 3.44. The number of carbonyl (C=O) groups is 3. The lowest BCUT2D eigenvalue weighted by atomic mass is 9.85. The predicted octanol–water partition coefficient (Wildman–Crippen LogP) is 5.91. The predicted molar refractivity (Wildman–Crippen MR) is 203 cm³/mol. The van der Waals surface area contributed by atoms with Gasteiger partial charge in [-0.05, 0) is 92.4 Å². The van der Waals surface area contributed by atoms with Crippen LogP contribution in [-0.4, -0.2) is 126 Å². The molecule has 0 bridgehead atoms. The minimum Gasteiger partial charge on any atom is -0.469 e. The normalized spacial score (nSPS) is 20.6. The number of carbonyl (C=O) groups excluding carboxylic acids is 3. The third-order valence-electron chi connectivity index (χ3n) is 10.2. The number of aromatic nitrogens is 2. The summed E-state index contributed by atoms with van der Waals surface area (Å²) in [4.78, 5) is 55.9. The highest BCUT2D eigenvalue weighted by Gasteiger charge is 2.34. The van der Waals surface area contributed by atoms with Crippen LogP contribution >= 0.6 is 0 Å². The standard InChI is InChI=1S/C38H66N8O6/c1-37(2,3)51-35(48)45(29-12-9-8-10-13-29)19-11-20-46(36(49)52-38(4,5)6)30-16-14-28(15-17-30)27-40-34-41-31(39)26-32(42-34)44-24-22-43(23-25-44)21-18-33(47)50-7/h26,28-30H,8-25,27H2,1-7H3,(H3,39,40,41,42). The maximum absolute atomic E-state index is 13.6. The van der Waals surface area contributed by atoms with Crippen LogP contribution in [0.25, 0.3) is 0 Å². The van der Waals surface area contributed by atoms with Gasteiger partial charge in [-0.25, -0.2) is 9.59 Å². The maximum Gasteiger partial charge on any atom is 0.410 e. The Morgan fingerprint density at radius 3 is 1.92 bits per heavy atom. The lowest BCUT2D eigenvalue weighted by molar-refractivity contribution is -0.141. The zero-order valence-corrected chi connectivity index (χ0v) is 33.0. The Morgan fingerprint density at radius 2 is 1.38 bits per heavy atom. The molecule has 14 nitrogen and oxygen atoms in total. The molecule has 2 amide bonds. The topological polar surface area (TPSA) is 156 Å². The van der Waals surface area contributed by atoms with Gasteiger partial charge in [-0.1, -0.05) is 19.3 Å². The first-order chi connectivity index (χ1) is 24.6. The van der Waals surface area contributed by atoms with E-state index >= 15 is 0 Å². The molecule has 3 fully saturated rings. The van der Waals surface area contributed by atoms with E-state index in [4.69, 9.17) is 24.9 Å². The molecule has 1 saturated heterocycles. The van der Waals surface area contributed by atoms with Crippen LogP contribution in [0.15, 0.2) is 6.07 Å². The van der Waals surface area contributed by atoms with Gasteiger partial charge in [0.25, 0.3) is 0 Å². The first-order valence-corrected chi connectivity index (χ1v) is 19.5. The van der Waals surface area contributed by atoms with Gasteiger partial charge < -0.3 is 40.0 Å². The highest BCUT2D eigenvalue weighted by Crippen LogP contribution is 2.30. The van der Waals surface area contributed by atoms with E-state index in [-0.39, 0.29) is 30.2 Å². The molecule has 1 aromatic rings. The van der Waals surface area contributed by atoms with Gasteiger partial charge in [0.1, 0.15) is 22.8 Å². The van der Waals surface area contributed by atoms with E-state index in [2.05, 4.69) is 20.1 Å². The number of hydrogen-bond donors (Lipinski definition) is 2. The first kappa shape index (κ1) is 41.2. The van der Waals surface area contributed by atoms with Crippen LogP contribution in [0.5, 0.6) is 0 Å². The smallest absolute Gasteiger partial charge is 0.410 e. The summed E-state index contributed by atoms with van der Waals surface area (Å²) >= 11 is 0. The number of anilines is 3. The molecule has 2 saturated carbocycles. The largest absolute Gasteiger partial charge is 0.469 e. The molecule has 0 unspecified atom stereocenters. The fourth-order valence-corrected chi connectivity index (χ4v) is 7.43. The van der Waals surface area contributed by atoms with Gasteiger partial charge in [0.2, 0.25) is 5.95 Å². The Labute approximate surface area is 311 Å². The second-order valence-corrected chi connectivity index (χ2v) is 16.7. The van der Waals surface area contributed by atoms with E-state index in [1.165, 1.54) is 13.5 Å². The number of rotatable bonds is 13. The molecular weight excluding hydrogens is 664 g/mol. The van der Waals surface area contributed by atoms with Crippen LogP contribution in [0.2, 0.25) is 0 Å². The summed E-state index contributed by atoms with van der Waals surface area (Å²) in [6.07, 6.45) is 9.56. The summed E-state index contributed by atoms with van der Waals surface area (Å²) in [5.74, 6) is 1.95. The average Bonchev–Trinajstić information content (AvgIpc) is 3.09. The SMILES string of the molecule is COC(=O)CCN1CCN(c2cc(N)nc(NCC3CCC(N(CCCN(C(=O)OC(C)(C)C)C4CCCCC4)C(=O)OC(C)(C)C)CC3)n2)CC1. The molecular formula is C38H66N8O6. The van der Waals surface area contributed by atoms with Crippen molar-refractivity contribution in [3.63, 3.8) is 0 Å². The summed E-state index contributed by atoms with van der Waals surface area (Å²) in [5.41, 5.74) is 5.04. The number of ether oxygens (including phenoxy) is 3. The van der Waals surface area contributed by atoms with E-state index < -0.39 is 11.2 Å². The molecule has 0 spiro atoms. The second kappa shape index (κ2) is 19.0. The van der Waals surface area contributed by atoms with Crippen molar-refractivity contribution in [1.29, 1.82) is 0 Å². The molecule has 2 heterocycles. The van der Waals surface area contributed by atoms with Gasteiger partial charge in [0, 0.05) is 70.5 Å². The fraction of sp³-hybridized carbons (Fsp3) is 0.816. The molecule has 1 aliphatic heterocycles. The minimum atomic E-state index is -0.602. The van der Waals surface area contributed by atoms with E-state index in [0.29, 0.717) is 50.2 Å². The van der Waals surface area contributed by atoms with Gasteiger partial charge in [-0.15, -0.1) is 0 Å². The van der Waals surface area contributed by atoms with Gasteiger partial charge in [-0.2, -0.15) is 9.97 Å². The third kappa shape index (κ3) is 13.5. The number of nitrogens with two attached hydrogens (primary N) is 1. The number of nitrogen functional groups attached to an aromatic ring is 1.